The highest BCUT2D eigenvalue weighted by Gasteiger charge is 2.27. The maximum Gasteiger partial charge on any atom is 0.244 e. The van der Waals surface area contributed by atoms with Crippen LogP contribution in [0.4, 0.5) is 0 Å². The third kappa shape index (κ3) is 4.68. The van der Waals surface area contributed by atoms with E-state index in [9.17, 15) is 13.2 Å². The van der Waals surface area contributed by atoms with Crippen molar-refractivity contribution in [2.45, 2.75) is 54.8 Å². The highest BCUT2D eigenvalue weighted by Crippen LogP contribution is 2.24. The van der Waals surface area contributed by atoms with Crippen LogP contribution in [0.15, 0.2) is 28.3 Å². The van der Waals surface area contributed by atoms with E-state index in [1.807, 2.05) is 13.8 Å². The van der Waals surface area contributed by atoms with Gasteiger partial charge < -0.3 is 5.32 Å². The summed E-state index contributed by atoms with van der Waals surface area (Å²) in [5, 5.41) is 3.20. The van der Waals surface area contributed by atoms with E-state index in [0.717, 1.165) is 12.8 Å². The minimum absolute atomic E-state index is 0.0550. The van der Waals surface area contributed by atoms with Crippen LogP contribution in [-0.2, 0) is 14.8 Å². The Hall–Kier alpha value is -1.12. The van der Waals surface area contributed by atoms with Gasteiger partial charge in [-0.15, -0.1) is 0 Å². The molecule has 0 aliphatic carbocycles. The Morgan fingerprint density at radius 1 is 1.26 bits per heavy atom. The van der Waals surface area contributed by atoms with Gasteiger partial charge in [0.05, 0.1) is 10.3 Å². The van der Waals surface area contributed by atoms with Gasteiger partial charge >= 0.3 is 0 Å². The fourth-order valence-corrected chi connectivity index (χ4v) is 4.56. The van der Waals surface area contributed by atoms with Crippen molar-refractivity contribution in [1.29, 1.82) is 0 Å². The van der Waals surface area contributed by atoms with Gasteiger partial charge in [0.25, 0.3) is 0 Å². The van der Waals surface area contributed by atoms with Crippen LogP contribution < -0.4 is 5.32 Å². The lowest BCUT2D eigenvalue weighted by molar-refractivity contribution is -0.120. The average Bonchev–Trinajstić information content (AvgIpc) is 3.02. The second kappa shape index (κ2) is 7.63. The number of pyridine rings is 1. The number of sulfonamides is 1. The van der Waals surface area contributed by atoms with Gasteiger partial charge in [-0.3, -0.25) is 4.79 Å². The van der Waals surface area contributed by atoms with Crippen LogP contribution in [-0.4, -0.2) is 48.0 Å². The van der Waals surface area contributed by atoms with Crippen LogP contribution in [0.3, 0.4) is 0 Å². The minimum atomic E-state index is -3.43. The van der Waals surface area contributed by atoms with E-state index in [1.165, 1.54) is 22.3 Å². The fourth-order valence-electron chi connectivity index (χ4n) is 2.30. The molecule has 23 heavy (non-hydrogen) atoms. The molecule has 1 atom stereocenters. The molecule has 128 valence electrons. The zero-order chi connectivity index (χ0) is 17.0. The first-order valence-electron chi connectivity index (χ1n) is 7.74. The standard InChI is InChI=1S/C15H23N3O3S2/c1-11(2)17-15(19)12(3)22-14-7-6-13(10-16-14)23(20,21)18-8-4-5-9-18/h6-7,10-12H,4-5,8-9H2,1-3H3,(H,17,19)/t12-/m0/s1. The van der Waals surface area contributed by atoms with E-state index in [4.69, 9.17) is 0 Å². The van der Waals surface area contributed by atoms with Crippen LogP contribution in [0.1, 0.15) is 33.6 Å². The van der Waals surface area contributed by atoms with Crippen molar-refractivity contribution in [3.63, 3.8) is 0 Å². The summed E-state index contributed by atoms with van der Waals surface area (Å²) in [6.07, 6.45) is 3.19. The van der Waals surface area contributed by atoms with Crippen LogP contribution >= 0.6 is 11.8 Å². The van der Waals surface area contributed by atoms with Crippen LogP contribution in [0.25, 0.3) is 0 Å². The maximum atomic E-state index is 12.4. The summed E-state index contributed by atoms with van der Waals surface area (Å²) in [6, 6.07) is 3.31. The van der Waals surface area contributed by atoms with E-state index in [1.54, 1.807) is 19.1 Å². The normalized spacial score (nSPS) is 17.4. The molecule has 1 aliphatic rings. The van der Waals surface area contributed by atoms with Gasteiger partial charge in [-0.25, -0.2) is 13.4 Å². The molecule has 1 aliphatic heterocycles. The maximum absolute atomic E-state index is 12.4. The molecule has 1 aromatic heterocycles. The molecule has 2 rings (SSSR count). The monoisotopic (exact) mass is 357 g/mol. The zero-order valence-corrected chi connectivity index (χ0v) is 15.3. The molecule has 2 heterocycles. The summed E-state index contributed by atoms with van der Waals surface area (Å²) in [7, 11) is -3.43. The quantitative estimate of drug-likeness (QED) is 0.786. The molecule has 0 saturated carbocycles. The molecular weight excluding hydrogens is 334 g/mol. The first-order chi connectivity index (χ1) is 10.8. The van der Waals surface area contributed by atoms with E-state index in [2.05, 4.69) is 10.3 Å². The Balaban J connectivity index is 2.03. The van der Waals surface area contributed by atoms with Crippen molar-refractivity contribution in [3.8, 4) is 0 Å². The molecule has 1 aromatic rings. The largest absolute Gasteiger partial charge is 0.353 e. The lowest BCUT2D eigenvalue weighted by Crippen LogP contribution is -2.35. The Kier molecular flexibility index (Phi) is 6.05. The average molecular weight is 358 g/mol. The number of amides is 1. The van der Waals surface area contributed by atoms with Crippen molar-refractivity contribution in [2.24, 2.45) is 0 Å². The van der Waals surface area contributed by atoms with E-state index >= 15 is 0 Å². The summed E-state index contributed by atoms with van der Waals surface area (Å²) in [4.78, 5) is 16.3. The Morgan fingerprint density at radius 3 is 2.43 bits per heavy atom. The number of nitrogens with one attached hydrogen (secondary N) is 1. The van der Waals surface area contributed by atoms with Crippen molar-refractivity contribution < 1.29 is 13.2 Å². The molecule has 1 amide bonds. The lowest BCUT2D eigenvalue weighted by atomic mass is 10.3. The highest BCUT2D eigenvalue weighted by molar-refractivity contribution is 8.00. The van der Waals surface area contributed by atoms with Gasteiger partial charge in [0.2, 0.25) is 15.9 Å². The van der Waals surface area contributed by atoms with E-state index in [0.29, 0.717) is 18.1 Å². The smallest absolute Gasteiger partial charge is 0.244 e. The minimum Gasteiger partial charge on any atom is -0.353 e. The number of hydrogen-bond acceptors (Lipinski definition) is 5. The summed E-state index contributed by atoms with van der Waals surface area (Å²) in [5.41, 5.74) is 0. The second-order valence-corrected chi connectivity index (χ2v) is 9.17. The number of hydrogen-bond donors (Lipinski definition) is 1. The number of nitrogens with zero attached hydrogens (tertiary/aromatic N) is 2. The SMILES string of the molecule is CC(C)NC(=O)[C@H](C)Sc1ccc(S(=O)(=O)N2CCCC2)cn1. The molecule has 1 fully saturated rings. The molecule has 1 saturated heterocycles. The first kappa shape index (κ1) is 18.2. The van der Waals surface area contributed by atoms with Gasteiger partial charge in [0.15, 0.2) is 0 Å². The Morgan fingerprint density at radius 2 is 1.91 bits per heavy atom. The van der Waals surface area contributed by atoms with Gasteiger partial charge in [0.1, 0.15) is 4.90 Å². The van der Waals surface area contributed by atoms with Crippen LogP contribution in [0, 0.1) is 0 Å². The van der Waals surface area contributed by atoms with Crippen molar-refractivity contribution in [2.75, 3.05) is 13.1 Å². The number of carbonyl (C=O) groups is 1. The van der Waals surface area contributed by atoms with Gasteiger partial charge in [0, 0.05) is 25.3 Å². The van der Waals surface area contributed by atoms with Crippen molar-refractivity contribution in [1.82, 2.24) is 14.6 Å². The highest BCUT2D eigenvalue weighted by atomic mass is 32.2. The number of carbonyl (C=O) groups excluding carboxylic acids is 1. The zero-order valence-electron chi connectivity index (χ0n) is 13.7. The second-order valence-electron chi connectivity index (χ2n) is 5.87. The first-order valence-corrected chi connectivity index (χ1v) is 10.1. The predicted molar refractivity (Wildman–Crippen MR) is 90.8 cm³/mol. The van der Waals surface area contributed by atoms with Gasteiger partial charge in [-0.05, 0) is 45.7 Å². The molecule has 0 radical (unpaired) electrons. The van der Waals surface area contributed by atoms with Crippen LogP contribution in [0.2, 0.25) is 0 Å². The van der Waals surface area contributed by atoms with Crippen molar-refractivity contribution >= 4 is 27.7 Å². The summed E-state index contributed by atoms with van der Waals surface area (Å²) >= 11 is 1.31. The third-order valence-electron chi connectivity index (χ3n) is 3.51. The molecule has 1 N–H and O–H groups in total. The summed E-state index contributed by atoms with van der Waals surface area (Å²) in [5.74, 6) is -0.0550. The van der Waals surface area contributed by atoms with E-state index < -0.39 is 10.0 Å². The molecular formula is C15H23N3O3S2. The molecule has 0 spiro atoms. The molecule has 6 nitrogen and oxygen atoms in total. The fraction of sp³-hybridized carbons (Fsp3) is 0.600. The van der Waals surface area contributed by atoms with Gasteiger partial charge in [-0.2, -0.15) is 4.31 Å². The lowest BCUT2D eigenvalue weighted by Gasteiger charge is -2.16. The van der Waals surface area contributed by atoms with Crippen LogP contribution in [0.5, 0.6) is 0 Å². The topological polar surface area (TPSA) is 79.4 Å². The number of rotatable bonds is 6. The molecule has 8 heteroatoms. The summed E-state index contributed by atoms with van der Waals surface area (Å²) < 4.78 is 26.3. The van der Waals surface area contributed by atoms with Crippen molar-refractivity contribution in [3.05, 3.63) is 18.3 Å². The molecule has 0 bridgehead atoms. The summed E-state index contributed by atoms with van der Waals surface area (Å²) in [6.45, 7) is 6.77. The predicted octanol–water partition coefficient (Wildman–Crippen LogP) is 1.87. The number of aromatic nitrogens is 1. The molecule has 0 unspecified atom stereocenters. The van der Waals surface area contributed by atoms with Gasteiger partial charge in [-0.1, -0.05) is 11.8 Å². The van der Waals surface area contributed by atoms with E-state index in [-0.39, 0.29) is 22.1 Å². The molecule has 0 aromatic carbocycles. The number of thioether (sulfide) groups is 1. The third-order valence-corrected chi connectivity index (χ3v) is 6.44. The Labute approximate surface area is 142 Å². The Bertz CT molecular complexity index is 638.